The number of halogens is 1. The summed E-state index contributed by atoms with van der Waals surface area (Å²) < 4.78 is 8.14. The molecule has 0 amide bonds. The Morgan fingerprint density at radius 3 is 2.66 bits per heavy atom. The van der Waals surface area contributed by atoms with E-state index in [-0.39, 0.29) is 6.42 Å². The molecule has 176 valence electrons. The van der Waals surface area contributed by atoms with Crippen LogP contribution in [0.1, 0.15) is 21.5 Å². The maximum absolute atomic E-state index is 12.4. The summed E-state index contributed by atoms with van der Waals surface area (Å²) in [5.41, 5.74) is 11.1. The van der Waals surface area contributed by atoms with Gasteiger partial charge in [0.15, 0.2) is 0 Å². The van der Waals surface area contributed by atoms with Gasteiger partial charge < -0.3 is 20.1 Å². The van der Waals surface area contributed by atoms with E-state index >= 15 is 0 Å². The van der Waals surface area contributed by atoms with Crippen LogP contribution < -0.4 is 5.73 Å². The third-order valence-corrected chi connectivity index (χ3v) is 7.27. The number of aromatic nitrogens is 1. The van der Waals surface area contributed by atoms with Crippen molar-refractivity contribution in [2.24, 2.45) is 0 Å². The molecule has 0 unspecified atom stereocenters. The summed E-state index contributed by atoms with van der Waals surface area (Å²) in [5, 5.41) is 14.1. The molecule has 35 heavy (non-hydrogen) atoms. The summed E-state index contributed by atoms with van der Waals surface area (Å²) in [6.07, 6.45) is 1.79. The average Bonchev–Trinajstić information content (AvgIpc) is 3.38. The molecule has 0 spiro atoms. The molecule has 3 N–H and O–H groups in total. The van der Waals surface area contributed by atoms with E-state index in [0.29, 0.717) is 28.4 Å². The second-order valence-electron chi connectivity index (χ2n) is 8.28. The first-order chi connectivity index (χ1) is 16.8. The molecule has 0 radical (unpaired) electrons. The zero-order valence-electron chi connectivity index (χ0n) is 18.7. The second kappa shape index (κ2) is 9.09. The van der Waals surface area contributed by atoms with Crippen LogP contribution in [0.2, 0.25) is 5.02 Å². The minimum atomic E-state index is -0.898. The van der Waals surface area contributed by atoms with Crippen LogP contribution in [-0.4, -0.2) is 28.7 Å². The van der Waals surface area contributed by atoms with Crippen molar-refractivity contribution in [1.29, 1.82) is 0 Å². The number of hydrogen-bond acceptors (Lipinski definition) is 5. The second-order valence-corrected chi connectivity index (χ2v) is 9.63. The topological polar surface area (TPSA) is 94.6 Å². The van der Waals surface area contributed by atoms with Crippen molar-refractivity contribution in [3.63, 3.8) is 0 Å². The number of carboxylic acids is 1. The number of rotatable bonds is 6. The van der Waals surface area contributed by atoms with Gasteiger partial charge in [-0.25, -0.2) is 4.79 Å². The largest absolute Gasteiger partial charge is 0.481 e. The number of carboxylic acid groups (broad SMARTS) is 1. The number of nitrogen functional groups attached to an aromatic ring is 1. The van der Waals surface area contributed by atoms with Crippen LogP contribution >= 0.6 is 22.9 Å². The number of nitrogens with two attached hydrogens (primary N) is 1. The lowest BCUT2D eigenvalue weighted by Crippen LogP contribution is -2.04. The molecular weight excluding hydrogens is 484 g/mol. The van der Waals surface area contributed by atoms with Crippen molar-refractivity contribution in [1.82, 2.24) is 4.57 Å². The van der Waals surface area contributed by atoms with Crippen molar-refractivity contribution in [2.45, 2.75) is 13.0 Å². The molecular formula is C27H21ClN2O4S. The van der Waals surface area contributed by atoms with E-state index in [2.05, 4.69) is 5.38 Å². The summed E-state index contributed by atoms with van der Waals surface area (Å²) in [6, 6.07) is 16.6. The number of aliphatic carboxylic acids is 1. The molecule has 0 atom stereocenters. The minimum absolute atomic E-state index is 0.0925. The van der Waals surface area contributed by atoms with E-state index in [4.69, 9.17) is 22.1 Å². The highest BCUT2D eigenvalue weighted by molar-refractivity contribution is 7.17. The molecule has 3 aromatic carbocycles. The molecule has 5 aromatic rings. The third-order valence-electron chi connectivity index (χ3n) is 6.02. The summed E-state index contributed by atoms with van der Waals surface area (Å²) in [6.45, 7) is 0.542. The monoisotopic (exact) mass is 504 g/mol. The van der Waals surface area contributed by atoms with Crippen molar-refractivity contribution < 1.29 is 19.4 Å². The molecule has 5 rings (SSSR count). The lowest BCUT2D eigenvalue weighted by molar-refractivity contribution is -0.136. The Morgan fingerprint density at radius 2 is 1.89 bits per heavy atom. The Balaban J connectivity index is 1.68. The number of anilines is 1. The van der Waals surface area contributed by atoms with Crippen LogP contribution in [0.15, 0.2) is 66.2 Å². The number of nitrogens with zero attached hydrogens (tertiary/aromatic N) is 1. The number of carbonyl (C=O) groups excluding carboxylic acids is 1. The molecule has 0 aliphatic heterocycles. The molecule has 0 bridgehead atoms. The van der Waals surface area contributed by atoms with Crippen LogP contribution in [-0.2, 0) is 22.5 Å². The predicted molar refractivity (Wildman–Crippen MR) is 140 cm³/mol. The van der Waals surface area contributed by atoms with Gasteiger partial charge in [0.25, 0.3) is 0 Å². The van der Waals surface area contributed by atoms with Crippen molar-refractivity contribution >= 4 is 61.6 Å². The van der Waals surface area contributed by atoms with Gasteiger partial charge in [-0.2, -0.15) is 0 Å². The molecule has 0 aliphatic rings. The number of benzene rings is 3. The molecule has 2 heterocycles. The molecule has 0 saturated carbocycles. The van der Waals surface area contributed by atoms with Gasteiger partial charge in [0.2, 0.25) is 0 Å². The van der Waals surface area contributed by atoms with E-state index in [1.54, 1.807) is 29.5 Å². The van der Waals surface area contributed by atoms with E-state index in [0.717, 1.165) is 37.7 Å². The highest BCUT2D eigenvalue weighted by Gasteiger charge is 2.18. The van der Waals surface area contributed by atoms with Gasteiger partial charge in [0, 0.05) is 39.1 Å². The van der Waals surface area contributed by atoms with Crippen molar-refractivity contribution in [3.8, 4) is 11.1 Å². The molecule has 0 fully saturated rings. The van der Waals surface area contributed by atoms with Crippen LogP contribution in [0.3, 0.4) is 0 Å². The number of carbonyl (C=O) groups is 2. The molecule has 0 aliphatic carbocycles. The fourth-order valence-electron chi connectivity index (χ4n) is 4.42. The number of thiophene rings is 1. The van der Waals surface area contributed by atoms with Gasteiger partial charge in [-0.1, -0.05) is 23.7 Å². The van der Waals surface area contributed by atoms with Gasteiger partial charge >= 0.3 is 11.9 Å². The number of methoxy groups -OCH3 is 1. The lowest BCUT2D eigenvalue weighted by atomic mass is 9.97. The van der Waals surface area contributed by atoms with Crippen LogP contribution in [0.5, 0.6) is 0 Å². The fourth-order valence-corrected chi connectivity index (χ4v) is 5.53. The van der Waals surface area contributed by atoms with Crippen molar-refractivity contribution in [3.05, 3.63) is 87.9 Å². The van der Waals surface area contributed by atoms with Gasteiger partial charge in [0.05, 0.1) is 19.1 Å². The lowest BCUT2D eigenvalue weighted by Gasteiger charge is -2.11. The predicted octanol–water partition coefficient (Wildman–Crippen LogP) is 6.22. The highest BCUT2D eigenvalue weighted by Crippen LogP contribution is 2.34. The number of hydrogen-bond donors (Lipinski definition) is 2. The van der Waals surface area contributed by atoms with E-state index in [9.17, 15) is 14.7 Å². The van der Waals surface area contributed by atoms with Crippen LogP contribution in [0.4, 0.5) is 5.69 Å². The maximum atomic E-state index is 12.4. The number of fused-ring (bicyclic) bond motifs is 2. The maximum Gasteiger partial charge on any atom is 0.338 e. The fraction of sp³-hybridized carbons (Fsp3) is 0.111. The van der Waals surface area contributed by atoms with E-state index < -0.39 is 11.9 Å². The quantitative estimate of drug-likeness (QED) is 0.211. The van der Waals surface area contributed by atoms with Gasteiger partial charge in [-0.05, 0) is 75.5 Å². The summed E-state index contributed by atoms with van der Waals surface area (Å²) in [7, 11) is 1.34. The zero-order chi connectivity index (χ0) is 24.7. The third kappa shape index (κ3) is 4.36. The van der Waals surface area contributed by atoms with E-state index in [1.807, 2.05) is 47.2 Å². The summed E-state index contributed by atoms with van der Waals surface area (Å²) in [5.74, 6) is -1.35. The van der Waals surface area contributed by atoms with Gasteiger partial charge in [-0.15, -0.1) is 11.3 Å². The Labute approximate surface area is 210 Å². The van der Waals surface area contributed by atoms with Crippen LogP contribution in [0, 0.1) is 0 Å². The Kier molecular flexibility index (Phi) is 5.96. The molecule has 2 aromatic heterocycles. The Bertz CT molecular complexity index is 1620. The summed E-state index contributed by atoms with van der Waals surface area (Å²) >= 11 is 7.89. The standard InChI is InChI=1S/C27H21ClN2O4S/c1-34-27(33)21-6-4-19(29)11-22(21)15-2-5-20-16(9-26(31)32)12-30(24(20)8-15)13-17-14-35-25-7-3-18(28)10-23(17)25/h2-8,10-12,14H,9,13,29H2,1H3,(H,31,32). The Morgan fingerprint density at radius 1 is 1.06 bits per heavy atom. The number of esters is 1. The average molecular weight is 505 g/mol. The SMILES string of the molecule is COC(=O)c1ccc(N)cc1-c1ccc2c(CC(=O)O)cn(Cc3csc4ccc(Cl)cc34)c2c1. The minimum Gasteiger partial charge on any atom is -0.481 e. The first-order valence-corrected chi connectivity index (χ1v) is 12.1. The van der Waals surface area contributed by atoms with Crippen LogP contribution in [0.25, 0.3) is 32.1 Å². The highest BCUT2D eigenvalue weighted by atomic mass is 35.5. The van der Waals surface area contributed by atoms with Gasteiger partial charge in [0.1, 0.15) is 0 Å². The first-order valence-electron chi connectivity index (χ1n) is 10.8. The van der Waals surface area contributed by atoms with Gasteiger partial charge in [-0.3, -0.25) is 4.79 Å². The van der Waals surface area contributed by atoms with Crippen molar-refractivity contribution in [2.75, 3.05) is 12.8 Å². The Hall–Kier alpha value is -3.81. The normalized spacial score (nSPS) is 11.3. The molecule has 8 heteroatoms. The van der Waals surface area contributed by atoms with E-state index in [1.165, 1.54) is 7.11 Å². The first kappa shape index (κ1) is 23.0. The molecule has 0 saturated heterocycles. The smallest absolute Gasteiger partial charge is 0.338 e. The zero-order valence-corrected chi connectivity index (χ0v) is 20.3. The summed E-state index contributed by atoms with van der Waals surface area (Å²) in [4.78, 5) is 23.9. The molecule has 6 nitrogen and oxygen atoms in total. The number of ether oxygens (including phenoxy) is 1.